The van der Waals surface area contributed by atoms with Gasteiger partial charge in [0.25, 0.3) is 0 Å². The molecular formula is C21H24N4O3S. The number of amides is 1. The Morgan fingerprint density at radius 1 is 1.21 bits per heavy atom. The lowest BCUT2D eigenvalue weighted by atomic mass is 10.2. The zero-order chi connectivity index (χ0) is 20.4. The lowest BCUT2D eigenvalue weighted by molar-refractivity contribution is -0.114. The van der Waals surface area contributed by atoms with Crippen LogP contribution in [0.4, 0.5) is 5.69 Å². The van der Waals surface area contributed by atoms with Crippen LogP contribution in [0.15, 0.2) is 24.3 Å². The molecule has 1 N–H and O–H groups in total. The molecule has 29 heavy (non-hydrogen) atoms. The van der Waals surface area contributed by atoms with Crippen LogP contribution >= 0.6 is 11.3 Å². The highest BCUT2D eigenvalue weighted by Gasteiger charge is 2.19. The van der Waals surface area contributed by atoms with Gasteiger partial charge in [-0.3, -0.25) is 9.69 Å². The molecule has 0 radical (unpaired) electrons. The van der Waals surface area contributed by atoms with Crippen molar-refractivity contribution in [2.75, 3.05) is 31.6 Å². The summed E-state index contributed by atoms with van der Waals surface area (Å²) in [5.74, 6) is 1.89. The first kappa shape index (κ1) is 19.8. The van der Waals surface area contributed by atoms with Gasteiger partial charge in [0.05, 0.1) is 25.1 Å². The predicted octanol–water partition coefficient (Wildman–Crippen LogP) is 3.89. The number of rotatable bonds is 5. The number of aryl methyl sites for hydroxylation is 2. The topological polar surface area (TPSA) is 76.6 Å². The standard InChI is InChI=1S/C21H24N4O3S/c1-13-14(2)29-21-19(13)20(23-18(24-21)12-25-8-10-27-11-9-25)28-17-6-4-16(5-7-17)22-15(3)26/h4-7H,8-12H2,1-3H3,(H,22,26). The number of thiophene rings is 1. The van der Waals surface area contributed by atoms with Crippen LogP contribution in [0.25, 0.3) is 10.2 Å². The van der Waals surface area contributed by atoms with Gasteiger partial charge in [0.15, 0.2) is 0 Å². The maximum absolute atomic E-state index is 11.2. The summed E-state index contributed by atoms with van der Waals surface area (Å²) in [5.41, 5.74) is 1.88. The van der Waals surface area contributed by atoms with Crippen LogP contribution in [0.5, 0.6) is 11.6 Å². The number of anilines is 1. The molecule has 0 saturated carbocycles. The van der Waals surface area contributed by atoms with E-state index in [0.29, 0.717) is 18.2 Å². The number of carbonyl (C=O) groups is 1. The smallest absolute Gasteiger partial charge is 0.231 e. The summed E-state index contributed by atoms with van der Waals surface area (Å²) >= 11 is 1.67. The fraction of sp³-hybridized carbons (Fsp3) is 0.381. The van der Waals surface area contributed by atoms with E-state index >= 15 is 0 Å². The minimum absolute atomic E-state index is 0.103. The van der Waals surface area contributed by atoms with Crippen molar-refractivity contribution in [3.05, 3.63) is 40.5 Å². The molecule has 3 aromatic rings. The van der Waals surface area contributed by atoms with Crippen molar-refractivity contribution in [1.82, 2.24) is 14.9 Å². The highest BCUT2D eigenvalue weighted by atomic mass is 32.1. The second kappa shape index (κ2) is 8.44. The number of nitrogens with zero attached hydrogens (tertiary/aromatic N) is 3. The molecule has 1 aliphatic rings. The highest BCUT2D eigenvalue weighted by molar-refractivity contribution is 7.18. The molecule has 4 rings (SSSR count). The molecule has 1 saturated heterocycles. The van der Waals surface area contributed by atoms with E-state index in [2.05, 4.69) is 24.1 Å². The third kappa shape index (κ3) is 4.55. The number of benzene rings is 1. The van der Waals surface area contributed by atoms with E-state index in [1.54, 1.807) is 11.3 Å². The molecule has 1 fully saturated rings. The first-order valence-corrected chi connectivity index (χ1v) is 10.4. The van der Waals surface area contributed by atoms with Crippen molar-refractivity contribution < 1.29 is 14.3 Å². The molecule has 0 spiro atoms. The van der Waals surface area contributed by atoms with E-state index in [1.165, 1.54) is 11.8 Å². The zero-order valence-electron chi connectivity index (χ0n) is 16.8. The summed E-state index contributed by atoms with van der Waals surface area (Å²) in [4.78, 5) is 25.2. The van der Waals surface area contributed by atoms with Gasteiger partial charge in [-0.05, 0) is 43.7 Å². The van der Waals surface area contributed by atoms with Crippen LogP contribution in [0, 0.1) is 13.8 Å². The summed E-state index contributed by atoms with van der Waals surface area (Å²) < 4.78 is 11.6. The van der Waals surface area contributed by atoms with Crippen molar-refractivity contribution in [2.45, 2.75) is 27.3 Å². The van der Waals surface area contributed by atoms with E-state index in [0.717, 1.165) is 53.6 Å². The van der Waals surface area contributed by atoms with E-state index in [1.807, 2.05) is 24.3 Å². The third-order valence-corrected chi connectivity index (χ3v) is 6.00. The van der Waals surface area contributed by atoms with Crippen molar-refractivity contribution >= 4 is 33.1 Å². The molecule has 0 aliphatic carbocycles. The molecular weight excluding hydrogens is 388 g/mol. The van der Waals surface area contributed by atoms with Crippen molar-refractivity contribution in [3.8, 4) is 11.6 Å². The molecule has 7 nitrogen and oxygen atoms in total. The van der Waals surface area contributed by atoms with Crippen LogP contribution in [0.1, 0.15) is 23.2 Å². The molecule has 1 amide bonds. The first-order chi connectivity index (χ1) is 14.0. The molecule has 1 aromatic carbocycles. The van der Waals surface area contributed by atoms with Gasteiger partial charge in [0, 0.05) is 30.6 Å². The first-order valence-electron chi connectivity index (χ1n) is 9.62. The molecule has 0 atom stereocenters. The maximum atomic E-state index is 11.2. The Labute approximate surface area is 173 Å². The molecule has 3 heterocycles. The van der Waals surface area contributed by atoms with Crippen molar-refractivity contribution in [3.63, 3.8) is 0 Å². The number of aromatic nitrogens is 2. The van der Waals surface area contributed by atoms with Gasteiger partial charge in [-0.2, -0.15) is 4.98 Å². The SMILES string of the molecule is CC(=O)Nc1ccc(Oc2nc(CN3CCOCC3)nc3sc(C)c(C)c23)cc1. The average Bonchev–Trinajstić information content (AvgIpc) is 2.98. The third-order valence-electron chi connectivity index (χ3n) is 4.90. The van der Waals surface area contributed by atoms with Gasteiger partial charge in [-0.15, -0.1) is 11.3 Å². The Morgan fingerprint density at radius 3 is 2.62 bits per heavy atom. The number of hydrogen-bond acceptors (Lipinski definition) is 7. The van der Waals surface area contributed by atoms with Crippen LogP contribution in [0.3, 0.4) is 0 Å². The van der Waals surface area contributed by atoms with Gasteiger partial charge in [0.2, 0.25) is 11.8 Å². The number of hydrogen-bond donors (Lipinski definition) is 1. The van der Waals surface area contributed by atoms with E-state index in [4.69, 9.17) is 19.4 Å². The van der Waals surface area contributed by atoms with E-state index in [9.17, 15) is 4.79 Å². The van der Waals surface area contributed by atoms with Crippen LogP contribution in [-0.2, 0) is 16.1 Å². The second-order valence-electron chi connectivity index (χ2n) is 7.10. The molecule has 2 aromatic heterocycles. The fourth-order valence-electron chi connectivity index (χ4n) is 3.28. The minimum Gasteiger partial charge on any atom is -0.438 e. The summed E-state index contributed by atoms with van der Waals surface area (Å²) in [6, 6.07) is 7.29. The lowest BCUT2D eigenvalue weighted by Crippen LogP contribution is -2.36. The monoisotopic (exact) mass is 412 g/mol. The van der Waals surface area contributed by atoms with Crippen LogP contribution < -0.4 is 10.1 Å². The Hall–Kier alpha value is -2.55. The summed E-state index contributed by atoms with van der Waals surface area (Å²) in [5, 5.41) is 3.72. The summed E-state index contributed by atoms with van der Waals surface area (Å²) in [7, 11) is 0. The van der Waals surface area contributed by atoms with Crippen LogP contribution in [0.2, 0.25) is 0 Å². The fourth-order valence-corrected chi connectivity index (χ4v) is 4.32. The Balaban J connectivity index is 1.64. The summed E-state index contributed by atoms with van der Waals surface area (Å²) in [6.07, 6.45) is 0. The Kier molecular flexibility index (Phi) is 5.75. The molecule has 0 bridgehead atoms. The molecule has 8 heteroatoms. The predicted molar refractivity (Wildman–Crippen MR) is 114 cm³/mol. The Morgan fingerprint density at radius 2 is 1.93 bits per heavy atom. The summed E-state index contributed by atoms with van der Waals surface area (Å²) in [6.45, 7) is 9.57. The lowest BCUT2D eigenvalue weighted by Gasteiger charge is -2.25. The van der Waals surface area contributed by atoms with Gasteiger partial charge in [-0.25, -0.2) is 4.98 Å². The number of ether oxygens (including phenoxy) is 2. The molecule has 0 unspecified atom stereocenters. The van der Waals surface area contributed by atoms with Gasteiger partial charge < -0.3 is 14.8 Å². The number of fused-ring (bicyclic) bond motifs is 1. The number of carbonyl (C=O) groups excluding carboxylic acids is 1. The molecule has 1 aliphatic heterocycles. The van der Waals surface area contributed by atoms with Crippen molar-refractivity contribution in [2.24, 2.45) is 0 Å². The van der Waals surface area contributed by atoms with E-state index < -0.39 is 0 Å². The minimum atomic E-state index is -0.103. The number of morpholine rings is 1. The molecule has 152 valence electrons. The van der Waals surface area contributed by atoms with E-state index in [-0.39, 0.29) is 5.91 Å². The Bertz CT molecular complexity index is 1030. The van der Waals surface area contributed by atoms with Crippen molar-refractivity contribution in [1.29, 1.82) is 0 Å². The normalized spacial score (nSPS) is 14.9. The largest absolute Gasteiger partial charge is 0.438 e. The van der Waals surface area contributed by atoms with Crippen LogP contribution in [-0.4, -0.2) is 47.1 Å². The van der Waals surface area contributed by atoms with Gasteiger partial charge in [0.1, 0.15) is 16.4 Å². The second-order valence-corrected chi connectivity index (χ2v) is 8.31. The zero-order valence-corrected chi connectivity index (χ0v) is 17.6. The average molecular weight is 413 g/mol. The van der Waals surface area contributed by atoms with Gasteiger partial charge in [-0.1, -0.05) is 0 Å². The maximum Gasteiger partial charge on any atom is 0.231 e. The van der Waals surface area contributed by atoms with Gasteiger partial charge >= 0.3 is 0 Å². The quantitative estimate of drug-likeness (QED) is 0.685. The number of nitrogens with one attached hydrogen (secondary N) is 1. The highest BCUT2D eigenvalue weighted by Crippen LogP contribution is 2.36.